The normalized spacial score (nSPS) is 13.5. The summed E-state index contributed by atoms with van der Waals surface area (Å²) < 4.78 is 11.0. The van der Waals surface area contributed by atoms with Crippen LogP contribution in [0.3, 0.4) is 0 Å². The molecule has 0 spiro atoms. The van der Waals surface area contributed by atoms with Crippen molar-refractivity contribution in [1.82, 2.24) is 0 Å². The van der Waals surface area contributed by atoms with Gasteiger partial charge < -0.3 is 9.47 Å². The van der Waals surface area contributed by atoms with Crippen molar-refractivity contribution in [3.05, 3.63) is 68.8 Å². The summed E-state index contributed by atoms with van der Waals surface area (Å²) in [6.07, 6.45) is -0.898. The summed E-state index contributed by atoms with van der Waals surface area (Å²) in [5.74, 6) is -3.73. The van der Waals surface area contributed by atoms with Crippen LogP contribution in [0.4, 0.5) is 0 Å². The van der Waals surface area contributed by atoms with Crippen LogP contribution < -0.4 is 0 Å². The lowest BCUT2D eigenvalue weighted by Gasteiger charge is -2.28. The van der Waals surface area contributed by atoms with E-state index in [0.29, 0.717) is 17.5 Å². The van der Waals surface area contributed by atoms with Crippen LogP contribution in [0.1, 0.15) is 81.3 Å². The molecule has 0 aromatic heterocycles. The molecule has 2 atom stereocenters. The van der Waals surface area contributed by atoms with Gasteiger partial charge in [0, 0.05) is 17.0 Å². The zero-order valence-electron chi connectivity index (χ0n) is 22.2. The first-order valence-corrected chi connectivity index (χ1v) is 12.0. The molecular formula is C29H36O6. The van der Waals surface area contributed by atoms with Crippen molar-refractivity contribution in [2.24, 2.45) is 5.92 Å². The minimum absolute atomic E-state index is 0.312. The highest BCUT2D eigenvalue weighted by Crippen LogP contribution is 2.23. The lowest BCUT2D eigenvalue weighted by atomic mass is 9.94. The number of rotatable bonds is 9. The molecule has 2 unspecified atom stereocenters. The van der Waals surface area contributed by atoms with Crippen molar-refractivity contribution >= 4 is 23.5 Å². The lowest BCUT2D eigenvalue weighted by molar-refractivity contribution is -0.154. The average molecular weight is 481 g/mol. The van der Waals surface area contributed by atoms with Crippen LogP contribution >= 0.6 is 0 Å². The molecule has 0 heterocycles. The lowest BCUT2D eigenvalue weighted by Crippen LogP contribution is -2.37. The first-order chi connectivity index (χ1) is 16.3. The van der Waals surface area contributed by atoms with Crippen molar-refractivity contribution in [3.8, 4) is 0 Å². The predicted molar refractivity (Wildman–Crippen MR) is 135 cm³/mol. The van der Waals surface area contributed by atoms with E-state index in [4.69, 9.17) is 9.47 Å². The molecule has 0 saturated carbocycles. The minimum atomic E-state index is -0.956. The van der Waals surface area contributed by atoms with Gasteiger partial charge in [0.1, 0.15) is 12.2 Å². The minimum Gasteiger partial charge on any atom is -0.456 e. The van der Waals surface area contributed by atoms with Crippen molar-refractivity contribution in [2.75, 3.05) is 0 Å². The maximum absolute atomic E-state index is 12.7. The fourth-order valence-corrected chi connectivity index (χ4v) is 4.29. The van der Waals surface area contributed by atoms with Crippen molar-refractivity contribution < 1.29 is 28.7 Å². The predicted octanol–water partition coefficient (Wildman–Crippen LogP) is 5.49. The molecular weight excluding hydrogens is 444 g/mol. The topological polar surface area (TPSA) is 86.7 Å². The molecule has 35 heavy (non-hydrogen) atoms. The molecule has 0 N–H and O–H groups in total. The number of carbonyl (C=O) groups is 4. The second kappa shape index (κ2) is 11.4. The first kappa shape index (κ1) is 28.0. The molecule has 0 radical (unpaired) electrons. The Bertz CT molecular complexity index is 1070. The Balaban J connectivity index is 2.10. The number of hydrogen-bond acceptors (Lipinski definition) is 6. The summed E-state index contributed by atoms with van der Waals surface area (Å²) >= 11 is 0. The van der Waals surface area contributed by atoms with Crippen LogP contribution in [-0.2, 0) is 19.1 Å². The van der Waals surface area contributed by atoms with Gasteiger partial charge in [0.25, 0.3) is 11.6 Å². The van der Waals surface area contributed by atoms with Crippen molar-refractivity contribution in [3.63, 3.8) is 0 Å². The largest absolute Gasteiger partial charge is 0.456 e. The monoisotopic (exact) mass is 480 g/mol. The molecule has 0 aliphatic rings. The summed E-state index contributed by atoms with van der Waals surface area (Å²) in [4.78, 5) is 50.7. The Kier molecular flexibility index (Phi) is 9.13. The zero-order valence-corrected chi connectivity index (χ0v) is 22.2. The molecule has 0 aliphatic heterocycles. The zero-order chi connectivity index (χ0) is 26.6. The maximum atomic E-state index is 12.7. The van der Waals surface area contributed by atoms with E-state index in [2.05, 4.69) is 0 Å². The second-order valence-corrected chi connectivity index (χ2v) is 9.31. The van der Waals surface area contributed by atoms with Crippen LogP contribution in [0, 0.1) is 47.5 Å². The number of benzene rings is 2. The Morgan fingerprint density at radius 2 is 0.971 bits per heavy atom. The van der Waals surface area contributed by atoms with Crippen molar-refractivity contribution in [1.29, 1.82) is 0 Å². The molecule has 188 valence electrons. The summed E-state index contributed by atoms with van der Waals surface area (Å²) in [5, 5.41) is 0. The van der Waals surface area contributed by atoms with Gasteiger partial charge in [0.2, 0.25) is 0 Å². The molecule has 0 amide bonds. The highest BCUT2D eigenvalue weighted by atomic mass is 16.6. The van der Waals surface area contributed by atoms with Gasteiger partial charge in [0.15, 0.2) is 0 Å². The number of esters is 2. The van der Waals surface area contributed by atoms with E-state index in [1.807, 2.05) is 34.6 Å². The number of ketones is 2. The van der Waals surface area contributed by atoms with Gasteiger partial charge in [-0.2, -0.15) is 0 Å². The quantitative estimate of drug-likeness (QED) is 0.268. The van der Waals surface area contributed by atoms with Gasteiger partial charge in [-0.25, -0.2) is 9.59 Å². The highest BCUT2D eigenvalue weighted by Gasteiger charge is 2.32. The standard InChI is InChI=1S/C29H36O6/c1-10-23(21(8)34-28(32)26(30)24-13-11-15(2)17(4)19(24)6)22(9)35-29(33)27(31)25-14-12-16(3)18(5)20(25)7/h11-14,21-23H,10H2,1-9H3. The Hall–Kier alpha value is -3.28. The number of Topliss-reactive ketones (excluding diaryl/α,β-unsaturated/α-hetero) is 2. The van der Waals surface area contributed by atoms with Gasteiger partial charge in [0.05, 0.1) is 0 Å². The Morgan fingerprint density at radius 1 is 0.629 bits per heavy atom. The highest BCUT2D eigenvalue weighted by molar-refractivity contribution is 6.41. The first-order valence-electron chi connectivity index (χ1n) is 12.0. The molecule has 2 rings (SSSR count). The van der Waals surface area contributed by atoms with E-state index < -0.39 is 41.6 Å². The maximum Gasteiger partial charge on any atom is 0.379 e. The number of carbonyl (C=O) groups excluding carboxylic acids is 4. The SMILES string of the molecule is CCC(C(C)OC(=O)C(=O)c1ccc(C)c(C)c1C)C(C)OC(=O)C(=O)c1ccc(C)c(C)c1C. The molecule has 2 aromatic carbocycles. The van der Waals surface area contributed by atoms with E-state index in [1.54, 1.807) is 52.0 Å². The van der Waals surface area contributed by atoms with Gasteiger partial charge in [-0.3, -0.25) is 9.59 Å². The Morgan fingerprint density at radius 3 is 1.29 bits per heavy atom. The van der Waals surface area contributed by atoms with Crippen LogP contribution in [0.25, 0.3) is 0 Å². The molecule has 0 fully saturated rings. The summed E-state index contributed by atoms with van der Waals surface area (Å²) in [5.41, 5.74) is 6.09. The summed E-state index contributed by atoms with van der Waals surface area (Å²) in [6.45, 7) is 16.5. The molecule has 2 aromatic rings. The van der Waals surface area contributed by atoms with E-state index in [0.717, 1.165) is 33.4 Å². The Labute approximate surface area is 208 Å². The molecule has 6 nitrogen and oxygen atoms in total. The van der Waals surface area contributed by atoms with E-state index in [-0.39, 0.29) is 0 Å². The fraction of sp³-hybridized carbons (Fsp3) is 0.448. The number of hydrogen-bond donors (Lipinski definition) is 0. The van der Waals surface area contributed by atoms with Crippen LogP contribution in [-0.4, -0.2) is 35.7 Å². The van der Waals surface area contributed by atoms with E-state index in [9.17, 15) is 19.2 Å². The van der Waals surface area contributed by atoms with Crippen LogP contribution in [0.5, 0.6) is 0 Å². The van der Waals surface area contributed by atoms with Gasteiger partial charge in [-0.1, -0.05) is 31.2 Å². The third kappa shape index (κ3) is 6.05. The summed E-state index contributed by atoms with van der Waals surface area (Å²) in [6, 6.07) is 6.87. The molecule has 0 saturated heterocycles. The summed E-state index contributed by atoms with van der Waals surface area (Å²) in [7, 11) is 0. The van der Waals surface area contributed by atoms with Crippen LogP contribution in [0.15, 0.2) is 24.3 Å². The number of ether oxygens (including phenoxy) is 2. The van der Waals surface area contributed by atoms with E-state index >= 15 is 0 Å². The van der Waals surface area contributed by atoms with Crippen LogP contribution in [0.2, 0.25) is 0 Å². The van der Waals surface area contributed by atoms with Gasteiger partial charge >= 0.3 is 11.9 Å². The van der Waals surface area contributed by atoms with Crippen molar-refractivity contribution in [2.45, 2.75) is 80.9 Å². The van der Waals surface area contributed by atoms with Gasteiger partial charge in [-0.15, -0.1) is 0 Å². The number of aryl methyl sites for hydroxylation is 2. The van der Waals surface area contributed by atoms with E-state index in [1.165, 1.54) is 0 Å². The molecule has 0 aliphatic carbocycles. The third-order valence-electron chi connectivity index (χ3n) is 7.24. The van der Waals surface area contributed by atoms with Gasteiger partial charge in [-0.05, 0) is 95.2 Å². The molecule has 0 bridgehead atoms. The smallest absolute Gasteiger partial charge is 0.379 e. The third-order valence-corrected chi connectivity index (χ3v) is 7.24. The second-order valence-electron chi connectivity index (χ2n) is 9.31. The molecule has 6 heteroatoms. The average Bonchev–Trinajstić information content (AvgIpc) is 2.80. The fourth-order valence-electron chi connectivity index (χ4n) is 4.29.